The van der Waals surface area contributed by atoms with Crippen LogP contribution in [-0.2, 0) is 0 Å². The van der Waals surface area contributed by atoms with Crippen molar-refractivity contribution < 1.29 is 9.90 Å². The molecular weight excluding hydrogens is 196 g/mol. The van der Waals surface area contributed by atoms with E-state index in [0.717, 1.165) is 12.8 Å². The Bertz CT molecular complexity index is 407. The van der Waals surface area contributed by atoms with Gasteiger partial charge in [0.15, 0.2) is 5.69 Å². The first-order valence-corrected chi connectivity index (χ1v) is 4.93. The third kappa shape index (κ3) is 2.43. The van der Waals surface area contributed by atoms with Crippen molar-refractivity contribution in [2.24, 2.45) is 0 Å². The second-order valence-electron chi connectivity index (χ2n) is 3.28. The Balaban J connectivity index is 3.21. The minimum Gasteiger partial charge on any atom is -0.476 e. The van der Waals surface area contributed by atoms with Crippen molar-refractivity contribution in [3.63, 3.8) is 0 Å². The molecule has 82 valence electrons. The maximum absolute atomic E-state index is 11.5. The number of nitrogens with zero attached hydrogens (tertiary/aromatic N) is 2. The highest BCUT2D eigenvalue weighted by atomic mass is 16.4. The molecule has 5 heteroatoms. The van der Waals surface area contributed by atoms with Gasteiger partial charge in [-0.3, -0.25) is 4.79 Å². The molecule has 15 heavy (non-hydrogen) atoms. The average Bonchev–Trinajstić information content (AvgIpc) is 2.22. The van der Waals surface area contributed by atoms with Gasteiger partial charge in [0.05, 0.1) is 6.04 Å². The maximum Gasteiger partial charge on any atom is 0.356 e. The molecule has 1 rings (SSSR count). The Labute approximate surface area is 87.4 Å². The van der Waals surface area contributed by atoms with Crippen molar-refractivity contribution in [1.82, 2.24) is 9.78 Å². The lowest BCUT2D eigenvalue weighted by molar-refractivity contribution is 0.0686. The number of hydrogen-bond donors (Lipinski definition) is 1. The fourth-order valence-electron chi connectivity index (χ4n) is 1.44. The van der Waals surface area contributed by atoms with Crippen LogP contribution in [0.4, 0.5) is 0 Å². The van der Waals surface area contributed by atoms with E-state index >= 15 is 0 Å². The second kappa shape index (κ2) is 4.72. The van der Waals surface area contributed by atoms with Crippen LogP contribution in [-0.4, -0.2) is 20.9 Å². The first kappa shape index (κ1) is 11.4. The molecule has 1 N–H and O–H groups in total. The van der Waals surface area contributed by atoms with E-state index in [0.29, 0.717) is 0 Å². The van der Waals surface area contributed by atoms with Crippen molar-refractivity contribution in [2.45, 2.75) is 32.7 Å². The molecule has 0 aliphatic rings. The molecule has 0 saturated carbocycles. The van der Waals surface area contributed by atoms with E-state index in [9.17, 15) is 9.59 Å². The number of aromatic nitrogens is 2. The number of rotatable bonds is 4. The van der Waals surface area contributed by atoms with E-state index in [1.54, 1.807) is 0 Å². The van der Waals surface area contributed by atoms with Crippen molar-refractivity contribution >= 4 is 5.97 Å². The van der Waals surface area contributed by atoms with Crippen LogP contribution in [0.2, 0.25) is 0 Å². The number of carbonyl (C=O) groups is 1. The van der Waals surface area contributed by atoms with E-state index in [2.05, 4.69) is 5.10 Å². The van der Waals surface area contributed by atoms with Gasteiger partial charge in [0, 0.05) is 6.07 Å². The molecule has 0 spiro atoms. The molecule has 0 aromatic carbocycles. The van der Waals surface area contributed by atoms with Crippen LogP contribution in [0, 0.1) is 0 Å². The molecule has 0 aliphatic carbocycles. The first-order valence-electron chi connectivity index (χ1n) is 4.93. The van der Waals surface area contributed by atoms with Crippen molar-refractivity contribution in [3.8, 4) is 0 Å². The number of aromatic carboxylic acids is 1. The van der Waals surface area contributed by atoms with Gasteiger partial charge in [0.2, 0.25) is 0 Å². The summed E-state index contributed by atoms with van der Waals surface area (Å²) in [7, 11) is 0. The lowest BCUT2D eigenvalue weighted by atomic mass is 10.2. The minimum absolute atomic E-state index is 0.0307. The van der Waals surface area contributed by atoms with Gasteiger partial charge >= 0.3 is 5.97 Å². The van der Waals surface area contributed by atoms with Gasteiger partial charge in [0.1, 0.15) is 0 Å². The molecule has 0 aliphatic heterocycles. The molecule has 0 radical (unpaired) electrons. The average molecular weight is 210 g/mol. The van der Waals surface area contributed by atoms with Crippen LogP contribution in [0.5, 0.6) is 0 Å². The Morgan fingerprint density at radius 1 is 1.47 bits per heavy atom. The van der Waals surface area contributed by atoms with Gasteiger partial charge in [0.25, 0.3) is 5.56 Å². The van der Waals surface area contributed by atoms with Crippen LogP contribution >= 0.6 is 0 Å². The number of hydrogen-bond acceptors (Lipinski definition) is 3. The van der Waals surface area contributed by atoms with E-state index in [1.165, 1.54) is 16.8 Å². The Kier molecular flexibility index (Phi) is 3.60. The Hall–Kier alpha value is -1.65. The second-order valence-corrected chi connectivity index (χ2v) is 3.28. The molecule has 1 aromatic heterocycles. The van der Waals surface area contributed by atoms with Crippen LogP contribution in [0.3, 0.4) is 0 Å². The zero-order chi connectivity index (χ0) is 11.4. The highest BCUT2D eigenvalue weighted by Crippen LogP contribution is 2.11. The fraction of sp³-hybridized carbons (Fsp3) is 0.500. The molecule has 0 saturated heterocycles. The van der Waals surface area contributed by atoms with E-state index in [-0.39, 0.29) is 17.3 Å². The first-order chi connectivity index (χ1) is 7.10. The monoisotopic (exact) mass is 210 g/mol. The third-order valence-corrected chi connectivity index (χ3v) is 2.33. The summed E-state index contributed by atoms with van der Waals surface area (Å²) in [5.74, 6) is -1.12. The molecule has 0 unspecified atom stereocenters. The normalized spacial score (nSPS) is 10.6. The van der Waals surface area contributed by atoms with Crippen LogP contribution in [0.25, 0.3) is 0 Å². The Morgan fingerprint density at radius 2 is 2.07 bits per heavy atom. The highest BCUT2D eigenvalue weighted by molar-refractivity contribution is 5.84. The summed E-state index contributed by atoms with van der Waals surface area (Å²) in [4.78, 5) is 22.1. The maximum atomic E-state index is 11.5. The summed E-state index contributed by atoms with van der Waals surface area (Å²) in [6.45, 7) is 3.88. The van der Waals surface area contributed by atoms with E-state index < -0.39 is 5.97 Å². The summed E-state index contributed by atoms with van der Waals surface area (Å²) in [6.07, 6.45) is 1.51. The third-order valence-electron chi connectivity index (χ3n) is 2.33. The highest BCUT2D eigenvalue weighted by Gasteiger charge is 2.12. The van der Waals surface area contributed by atoms with E-state index in [1.807, 2.05) is 13.8 Å². The minimum atomic E-state index is -1.12. The lowest BCUT2D eigenvalue weighted by Gasteiger charge is -2.14. The summed E-state index contributed by atoms with van der Waals surface area (Å²) in [5, 5.41) is 12.6. The van der Waals surface area contributed by atoms with Gasteiger partial charge in [-0.2, -0.15) is 5.10 Å². The molecular formula is C10H14N2O3. The quantitative estimate of drug-likeness (QED) is 0.813. The standard InChI is InChI=1S/C10H14N2O3/c1-3-7(4-2)12-9(13)6-5-8(11-12)10(14)15/h5-7H,3-4H2,1-2H3,(H,14,15). The molecule has 0 amide bonds. The van der Waals surface area contributed by atoms with Gasteiger partial charge in [-0.25, -0.2) is 9.48 Å². The number of carboxylic acids is 1. The van der Waals surface area contributed by atoms with Gasteiger partial charge < -0.3 is 5.11 Å². The van der Waals surface area contributed by atoms with Gasteiger partial charge in [-0.1, -0.05) is 13.8 Å². The zero-order valence-corrected chi connectivity index (χ0v) is 8.80. The molecule has 1 heterocycles. The van der Waals surface area contributed by atoms with Crippen molar-refractivity contribution in [3.05, 3.63) is 28.2 Å². The van der Waals surface area contributed by atoms with Gasteiger partial charge in [-0.15, -0.1) is 0 Å². The summed E-state index contributed by atoms with van der Waals surface area (Å²) >= 11 is 0. The largest absolute Gasteiger partial charge is 0.476 e. The topological polar surface area (TPSA) is 72.2 Å². The molecule has 5 nitrogen and oxygen atoms in total. The van der Waals surface area contributed by atoms with Crippen LogP contribution in [0.15, 0.2) is 16.9 Å². The summed E-state index contributed by atoms with van der Waals surface area (Å²) in [5.41, 5.74) is -0.352. The predicted octanol–water partition coefficient (Wildman–Crippen LogP) is 1.30. The van der Waals surface area contributed by atoms with Gasteiger partial charge in [-0.05, 0) is 18.9 Å². The molecule has 0 bridgehead atoms. The molecule has 0 atom stereocenters. The van der Waals surface area contributed by atoms with E-state index in [4.69, 9.17) is 5.11 Å². The number of carboxylic acid groups (broad SMARTS) is 1. The summed E-state index contributed by atoms with van der Waals surface area (Å²) < 4.78 is 1.25. The predicted molar refractivity (Wildman–Crippen MR) is 55.1 cm³/mol. The lowest BCUT2D eigenvalue weighted by Crippen LogP contribution is -2.27. The zero-order valence-electron chi connectivity index (χ0n) is 8.80. The van der Waals surface area contributed by atoms with Crippen LogP contribution < -0.4 is 5.56 Å². The van der Waals surface area contributed by atoms with Crippen molar-refractivity contribution in [1.29, 1.82) is 0 Å². The SMILES string of the molecule is CCC(CC)n1nc(C(=O)O)ccc1=O. The van der Waals surface area contributed by atoms with Crippen molar-refractivity contribution in [2.75, 3.05) is 0 Å². The molecule has 0 fully saturated rings. The smallest absolute Gasteiger partial charge is 0.356 e. The fourth-order valence-corrected chi connectivity index (χ4v) is 1.44. The molecule has 1 aromatic rings. The van der Waals surface area contributed by atoms with Crippen LogP contribution in [0.1, 0.15) is 43.2 Å². The Morgan fingerprint density at radius 3 is 2.53 bits per heavy atom. The summed E-state index contributed by atoms with van der Waals surface area (Å²) in [6, 6.07) is 2.44.